The van der Waals surface area contributed by atoms with Gasteiger partial charge in [-0.05, 0) is 36.4 Å². The SMILES string of the molecule is N#C/C(=N\Nc1ccc2oc(-c3ccc(Cl)cc3Cl)nc2c1)C(=N)N. The smallest absolute Gasteiger partial charge is 0.228 e. The molecule has 0 bridgehead atoms. The molecule has 0 unspecified atom stereocenters. The van der Waals surface area contributed by atoms with E-state index in [1.54, 1.807) is 42.5 Å². The van der Waals surface area contributed by atoms with E-state index >= 15 is 0 Å². The monoisotopic (exact) mass is 372 g/mol. The van der Waals surface area contributed by atoms with Gasteiger partial charge in [-0.15, -0.1) is 0 Å². The van der Waals surface area contributed by atoms with Crippen LogP contribution in [0.5, 0.6) is 0 Å². The molecule has 1 aromatic heterocycles. The van der Waals surface area contributed by atoms with E-state index in [0.717, 1.165) is 0 Å². The van der Waals surface area contributed by atoms with E-state index < -0.39 is 5.84 Å². The van der Waals surface area contributed by atoms with E-state index in [0.29, 0.717) is 38.3 Å². The number of rotatable bonds is 4. The molecule has 0 saturated carbocycles. The number of aromatic nitrogens is 1. The van der Waals surface area contributed by atoms with Gasteiger partial charge in [0.2, 0.25) is 11.6 Å². The van der Waals surface area contributed by atoms with Crippen LogP contribution < -0.4 is 11.2 Å². The third-order valence-electron chi connectivity index (χ3n) is 3.21. The fourth-order valence-corrected chi connectivity index (χ4v) is 2.53. The Bertz CT molecular complexity index is 1050. The number of halogens is 2. The molecule has 1 heterocycles. The van der Waals surface area contributed by atoms with Gasteiger partial charge < -0.3 is 10.2 Å². The Morgan fingerprint density at radius 2 is 2.08 bits per heavy atom. The summed E-state index contributed by atoms with van der Waals surface area (Å²) in [5.41, 5.74) is 9.99. The highest BCUT2D eigenvalue weighted by Crippen LogP contribution is 2.32. The molecule has 0 fully saturated rings. The summed E-state index contributed by atoms with van der Waals surface area (Å²) in [5, 5.41) is 20.8. The molecular formula is C16H10Cl2N6O. The van der Waals surface area contributed by atoms with E-state index in [9.17, 15) is 0 Å². The van der Waals surface area contributed by atoms with Crippen molar-refractivity contribution in [1.29, 1.82) is 10.7 Å². The molecule has 0 amide bonds. The van der Waals surface area contributed by atoms with E-state index in [1.165, 1.54) is 0 Å². The normalized spacial score (nSPS) is 11.3. The molecule has 2 aromatic carbocycles. The third-order valence-corrected chi connectivity index (χ3v) is 3.75. The number of hydrogen-bond acceptors (Lipinski definition) is 6. The van der Waals surface area contributed by atoms with Gasteiger partial charge in [0.15, 0.2) is 11.4 Å². The van der Waals surface area contributed by atoms with Crippen LogP contribution in [0.15, 0.2) is 45.9 Å². The van der Waals surface area contributed by atoms with Crippen molar-refractivity contribution in [2.45, 2.75) is 0 Å². The van der Waals surface area contributed by atoms with Crippen LogP contribution in [0.25, 0.3) is 22.6 Å². The summed E-state index contributed by atoms with van der Waals surface area (Å²) in [4.78, 5) is 4.40. The number of benzene rings is 2. The Kier molecular flexibility index (Phi) is 4.57. The van der Waals surface area contributed by atoms with E-state index in [1.807, 2.05) is 0 Å². The Morgan fingerprint density at radius 1 is 1.28 bits per heavy atom. The van der Waals surface area contributed by atoms with Crippen molar-refractivity contribution in [3.63, 3.8) is 0 Å². The average Bonchev–Trinajstić information content (AvgIpc) is 2.97. The number of hydrazone groups is 1. The lowest BCUT2D eigenvalue weighted by molar-refractivity contribution is 0.620. The minimum absolute atomic E-state index is 0.214. The second-order valence-corrected chi connectivity index (χ2v) is 5.77. The number of anilines is 1. The Morgan fingerprint density at radius 3 is 2.76 bits per heavy atom. The molecule has 7 nitrogen and oxygen atoms in total. The summed E-state index contributed by atoms with van der Waals surface area (Å²) < 4.78 is 5.71. The maximum absolute atomic E-state index is 8.83. The molecule has 0 atom stereocenters. The van der Waals surface area contributed by atoms with Gasteiger partial charge in [0, 0.05) is 5.02 Å². The number of fused-ring (bicyclic) bond motifs is 1. The minimum Gasteiger partial charge on any atom is -0.436 e. The van der Waals surface area contributed by atoms with Crippen molar-refractivity contribution < 1.29 is 4.42 Å². The summed E-state index contributed by atoms with van der Waals surface area (Å²) in [6.07, 6.45) is 0. The first kappa shape index (κ1) is 16.8. The lowest BCUT2D eigenvalue weighted by atomic mass is 10.2. The highest BCUT2D eigenvalue weighted by molar-refractivity contribution is 6.45. The largest absolute Gasteiger partial charge is 0.436 e. The van der Waals surface area contributed by atoms with Gasteiger partial charge in [-0.2, -0.15) is 10.4 Å². The lowest BCUT2D eigenvalue weighted by Gasteiger charge is -2.00. The molecule has 25 heavy (non-hydrogen) atoms. The summed E-state index contributed by atoms with van der Waals surface area (Å²) >= 11 is 12.1. The molecule has 3 rings (SSSR count). The van der Waals surface area contributed by atoms with Crippen LogP contribution in [0.1, 0.15) is 0 Å². The van der Waals surface area contributed by atoms with Crippen LogP contribution in [0.4, 0.5) is 5.69 Å². The van der Waals surface area contributed by atoms with Crippen molar-refractivity contribution in [2.75, 3.05) is 5.43 Å². The average molecular weight is 373 g/mol. The van der Waals surface area contributed by atoms with E-state index in [2.05, 4.69) is 15.5 Å². The van der Waals surface area contributed by atoms with Gasteiger partial charge in [0.05, 0.1) is 16.3 Å². The van der Waals surface area contributed by atoms with Gasteiger partial charge in [-0.1, -0.05) is 23.2 Å². The summed E-state index contributed by atoms with van der Waals surface area (Å²) in [6, 6.07) is 11.8. The first-order chi connectivity index (χ1) is 12.0. The number of nitrogens with one attached hydrogen (secondary N) is 2. The first-order valence-electron chi connectivity index (χ1n) is 6.92. The standard InChI is InChI=1S/C16H10Cl2N6O/c17-8-1-3-10(11(18)5-8)16-22-12-6-9(2-4-14(12)25-16)23-24-13(7-19)15(20)21/h1-6,23H,(H3,20,21)/b24-13+. The topological polar surface area (TPSA) is 124 Å². The van der Waals surface area contributed by atoms with Crippen molar-refractivity contribution in [1.82, 2.24) is 4.98 Å². The van der Waals surface area contributed by atoms with Crippen LogP contribution in [-0.2, 0) is 0 Å². The number of nitrogens with zero attached hydrogens (tertiary/aromatic N) is 3. The highest BCUT2D eigenvalue weighted by Gasteiger charge is 2.12. The van der Waals surface area contributed by atoms with Gasteiger partial charge in [0.25, 0.3) is 0 Å². The predicted molar refractivity (Wildman–Crippen MR) is 98.0 cm³/mol. The zero-order chi connectivity index (χ0) is 18.0. The van der Waals surface area contributed by atoms with Crippen LogP contribution in [0.3, 0.4) is 0 Å². The van der Waals surface area contributed by atoms with Crippen molar-refractivity contribution in [2.24, 2.45) is 10.8 Å². The summed E-state index contributed by atoms with van der Waals surface area (Å²) in [6.45, 7) is 0. The maximum Gasteiger partial charge on any atom is 0.228 e. The van der Waals surface area contributed by atoms with Crippen LogP contribution in [-0.4, -0.2) is 16.5 Å². The quantitative estimate of drug-likeness (QED) is 0.362. The highest BCUT2D eigenvalue weighted by atomic mass is 35.5. The summed E-state index contributed by atoms with van der Waals surface area (Å²) in [5.74, 6) is -0.0593. The van der Waals surface area contributed by atoms with Crippen molar-refractivity contribution >= 4 is 51.5 Å². The molecule has 0 aliphatic heterocycles. The zero-order valence-corrected chi connectivity index (χ0v) is 14.1. The van der Waals surface area contributed by atoms with Crippen LogP contribution in [0.2, 0.25) is 10.0 Å². The maximum atomic E-state index is 8.83. The fraction of sp³-hybridized carbons (Fsp3) is 0. The number of amidine groups is 1. The second kappa shape index (κ2) is 6.81. The number of nitrogens with two attached hydrogens (primary N) is 1. The molecule has 0 saturated heterocycles. The molecule has 4 N–H and O–H groups in total. The fourth-order valence-electron chi connectivity index (χ4n) is 2.04. The second-order valence-electron chi connectivity index (χ2n) is 4.92. The van der Waals surface area contributed by atoms with Crippen molar-refractivity contribution in [3.05, 3.63) is 46.4 Å². The van der Waals surface area contributed by atoms with Crippen molar-refractivity contribution in [3.8, 4) is 17.5 Å². The first-order valence-corrected chi connectivity index (χ1v) is 7.67. The molecule has 0 aliphatic rings. The van der Waals surface area contributed by atoms with Gasteiger partial charge in [-0.3, -0.25) is 10.8 Å². The molecule has 0 aliphatic carbocycles. The van der Waals surface area contributed by atoms with Gasteiger partial charge >= 0.3 is 0 Å². The number of nitriles is 1. The Hall–Kier alpha value is -3.08. The number of hydrogen-bond donors (Lipinski definition) is 3. The van der Waals surface area contributed by atoms with Gasteiger partial charge in [0.1, 0.15) is 11.6 Å². The van der Waals surface area contributed by atoms with Crippen LogP contribution in [0, 0.1) is 16.7 Å². The predicted octanol–water partition coefficient (Wildman–Crippen LogP) is 4.03. The molecule has 124 valence electrons. The molecule has 9 heteroatoms. The molecule has 0 spiro atoms. The minimum atomic E-state index is -0.419. The summed E-state index contributed by atoms with van der Waals surface area (Å²) in [7, 11) is 0. The Labute approximate surface area is 152 Å². The molecule has 0 radical (unpaired) electrons. The van der Waals surface area contributed by atoms with E-state index in [-0.39, 0.29) is 5.71 Å². The number of oxazole rings is 1. The Balaban J connectivity index is 1.94. The zero-order valence-electron chi connectivity index (χ0n) is 12.5. The van der Waals surface area contributed by atoms with E-state index in [4.69, 9.17) is 44.0 Å². The molecular weight excluding hydrogens is 363 g/mol. The third kappa shape index (κ3) is 3.55. The van der Waals surface area contributed by atoms with Gasteiger partial charge in [-0.25, -0.2) is 4.98 Å². The lowest BCUT2D eigenvalue weighted by Crippen LogP contribution is -2.21. The molecule has 3 aromatic rings. The van der Waals surface area contributed by atoms with Crippen LogP contribution >= 0.6 is 23.2 Å².